The standard InChI is InChI=1S/C12H19N5O2/c1-3-17-10(7-8(2)14-17)12(18)16-6-4-5-9(16)11(13)15-19/h7,9,19H,3-6H2,1-2H3,(H2,13,15). The van der Waals surface area contributed by atoms with Crippen LogP contribution in [0.5, 0.6) is 0 Å². The van der Waals surface area contributed by atoms with Gasteiger partial charge in [-0.1, -0.05) is 5.16 Å². The summed E-state index contributed by atoms with van der Waals surface area (Å²) in [6.45, 7) is 5.05. The topological polar surface area (TPSA) is 96.7 Å². The molecule has 104 valence electrons. The largest absolute Gasteiger partial charge is 0.409 e. The summed E-state index contributed by atoms with van der Waals surface area (Å²) in [5, 5.41) is 16.1. The highest BCUT2D eigenvalue weighted by atomic mass is 16.4. The van der Waals surface area contributed by atoms with Crippen molar-refractivity contribution in [2.75, 3.05) is 6.54 Å². The number of oxime groups is 1. The Morgan fingerprint density at radius 1 is 1.68 bits per heavy atom. The summed E-state index contributed by atoms with van der Waals surface area (Å²) in [7, 11) is 0. The van der Waals surface area contributed by atoms with Gasteiger partial charge in [0.25, 0.3) is 5.91 Å². The number of nitrogens with zero attached hydrogens (tertiary/aromatic N) is 4. The molecule has 1 aromatic rings. The van der Waals surface area contributed by atoms with E-state index in [4.69, 9.17) is 10.9 Å². The second kappa shape index (κ2) is 5.29. The van der Waals surface area contributed by atoms with E-state index in [0.29, 0.717) is 18.8 Å². The molecule has 0 spiro atoms. The predicted molar refractivity (Wildman–Crippen MR) is 70.1 cm³/mol. The monoisotopic (exact) mass is 265 g/mol. The molecule has 7 nitrogen and oxygen atoms in total. The highest BCUT2D eigenvalue weighted by molar-refractivity contribution is 5.97. The lowest BCUT2D eigenvalue weighted by atomic mass is 10.2. The van der Waals surface area contributed by atoms with E-state index in [1.165, 1.54) is 0 Å². The Hall–Kier alpha value is -2.05. The van der Waals surface area contributed by atoms with Crippen LogP contribution in [0.25, 0.3) is 0 Å². The van der Waals surface area contributed by atoms with Gasteiger partial charge in [-0.2, -0.15) is 5.10 Å². The summed E-state index contributed by atoms with van der Waals surface area (Å²) < 4.78 is 1.68. The van der Waals surface area contributed by atoms with Gasteiger partial charge in [0.2, 0.25) is 0 Å². The first kappa shape index (κ1) is 13.4. The Bertz CT molecular complexity index is 508. The fraction of sp³-hybridized carbons (Fsp3) is 0.583. The van der Waals surface area contributed by atoms with Gasteiger partial charge in [0.1, 0.15) is 5.69 Å². The third kappa shape index (κ3) is 2.40. The molecule has 1 aliphatic heterocycles. The number of rotatable bonds is 3. The Morgan fingerprint density at radius 2 is 2.42 bits per heavy atom. The van der Waals surface area contributed by atoms with Gasteiger partial charge in [0.15, 0.2) is 5.84 Å². The number of aryl methyl sites for hydroxylation is 2. The molecule has 0 bridgehead atoms. The molecule has 2 heterocycles. The maximum absolute atomic E-state index is 12.5. The predicted octanol–water partition coefficient (Wildman–Crippen LogP) is 0.562. The zero-order valence-electron chi connectivity index (χ0n) is 11.2. The molecule has 0 aliphatic carbocycles. The second-order valence-electron chi connectivity index (χ2n) is 4.67. The average Bonchev–Trinajstić information content (AvgIpc) is 3.02. The number of hydrogen-bond acceptors (Lipinski definition) is 4. The SMILES string of the molecule is CCn1nc(C)cc1C(=O)N1CCCC1C(N)=NO. The molecule has 1 atom stereocenters. The van der Waals surface area contributed by atoms with Gasteiger partial charge >= 0.3 is 0 Å². The lowest BCUT2D eigenvalue weighted by Gasteiger charge is -2.23. The van der Waals surface area contributed by atoms with Crippen LogP contribution in [0.1, 0.15) is 35.9 Å². The maximum atomic E-state index is 12.5. The van der Waals surface area contributed by atoms with E-state index >= 15 is 0 Å². The molecule has 1 fully saturated rings. The van der Waals surface area contributed by atoms with Crippen molar-refractivity contribution in [1.29, 1.82) is 0 Å². The van der Waals surface area contributed by atoms with Crippen molar-refractivity contribution in [1.82, 2.24) is 14.7 Å². The van der Waals surface area contributed by atoms with Crippen LogP contribution in [0, 0.1) is 6.92 Å². The summed E-state index contributed by atoms with van der Waals surface area (Å²) in [4.78, 5) is 14.2. The summed E-state index contributed by atoms with van der Waals surface area (Å²) in [5.41, 5.74) is 7.01. The van der Waals surface area contributed by atoms with Gasteiger partial charge in [-0.25, -0.2) is 0 Å². The normalized spacial score (nSPS) is 20.0. The fourth-order valence-corrected chi connectivity index (χ4v) is 2.49. The van der Waals surface area contributed by atoms with E-state index in [0.717, 1.165) is 18.5 Å². The van der Waals surface area contributed by atoms with Crippen LogP contribution < -0.4 is 5.73 Å². The minimum absolute atomic E-state index is 0.0881. The van der Waals surface area contributed by atoms with Gasteiger partial charge in [-0.15, -0.1) is 0 Å². The lowest BCUT2D eigenvalue weighted by Crippen LogP contribution is -2.44. The molecule has 0 saturated carbocycles. The van der Waals surface area contributed by atoms with Crippen LogP contribution in [0.4, 0.5) is 0 Å². The van der Waals surface area contributed by atoms with Crippen molar-refractivity contribution in [2.45, 2.75) is 39.3 Å². The molecule has 1 aromatic heterocycles. The van der Waals surface area contributed by atoms with Crippen molar-refractivity contribution < 1.29 is 10.0 Å². The Labute approximate surface area is 111 Å². The molecular formula is C12H19N5O2. The van der Waals surface area contributed by atoms with E-state index in [-0.39, 0.29) is 17.8 Å². The number of hydrogen-bond donors (Lipinski definition) is 2. The van der Waals surface area contributed by atoms with Crippen molar-refractivity contribution in [3.8, 4) is 0 Å². The van der Waals surface area contributed by atoms with Gasteiger partial charge in [-0.05, 0) is 32.8 Å². The molecule has 1 aliphatic rings. The van der Waals surface area contributed by atoms with Crippen LogP contribution in [-0.4, -0.2) is 44.2 Å². The molecule has 3 N–H and O–H groups in total. The van der Waals surface area contributed by atoms with Gasteiger partial charge in [0, 0.05) is 13.1 Å². The molecule has 1 saturated heterocycles. The number of aromatic nitrogens is 2. The summed E-state index contributed by atoms with van der Waals surface area (Å²) in [6.07, 6.45) is 1.58. The first-order valence-electron chi connectivity index (χ1n) is 6.41. The average molecular weight is 265 g/mol. The van der Waals surface area contributed by atoms with E-state index in [9.17, 15) is 4.79 Å². The smallest absolute Gasteiger partial charge is 0.272 e. The number of amidine groups is 1. The third-order valence-electron chi connectivity index (χ3n) is 3.39. The van der Waals surface area contributed by atoms with Gasteiger partial charge in [-0.3, -0.25) is 9.48 Å². The second-order valence-corrected chi connectivity index (χ2v) is 4.67. The van der Waals surface area contributed by atoms with Gasteiger partial charge in [0.05, 0.1) is 11.7 Å². The zero-order chi connectivity index (χ0) is 14.0. The van der Waals surface area contributed by atoms with Crippen molar-refractivity contribution >= 4 is 11.7 Å². The van der Waals surface area contributed by atoms with E-state index in [1.54, 1.807) is 15.6 Å². The lowest BCUT2D eigenvalue weighted by molar-refractivity contribution is 0.0755. The van der Waals surface area contributed by atoms with Crippen LogP contribution >= 0.6 is 0 Å². The van der Waals surface area contributed by atoms with Crippen LogP contribution in [0.3, 0.4) is 0 Å². The van der Waals surface area contributed by atoms with Crippen molar-refractivity contribution in [3.63, 3.8) is 0 Å². The first-order valence-corrected chi connectivity index (χ1v) is 6.41. The van der Waals surface area contributed by atoms with Crippen molar-refractivity contribution in [3.05, 3.63) is 17.5 Å². The Kier molecular flexibility index (Phi) is 3.73. The molecule has 19 heavy (non-hydrogen) atoms. The molecule has 1 unspecified atom stereocenters. The number of carbonyl (C=O) groups is 1. The first-order chi connectivity index (χ1) is 9.08. The molecule has 0 aromatic carbocycles. The Morgan fingerprint density at radius 3 is 3.05 bits per heavy atom. The van der Waals surface area contributed by atoms with Crippen molar-refractivity contribution in [2.24, 2.45) is 10.9 Å². The van der Waals surface area contributed by atoms with E-state index in [2.05, 4.69) is 10.3 Å². The highest BCUT2D eigenvalue weighted by Crippen LogP contribution is 2.20. The highest BCUT2D eigenvalue weighted by Gasteiger charge is 2.33. The third-order valence-corrected chi connectivity index (χ3v) is 3.39. The fourth-order valence-electron chi connectivity index (χ4n) is 2.49. The maximum Gasteiger partial charge on any atom is 0.272 e. The van der Waals surface area contributed by atoms with Gasteiger partial charge < -0.3 is 15.8 Å². The van der Waals surface area contributed by atoms with E-state index < -0.39 is 0 Å². The Balaban J connectivity index is 2.28. The number of amides is 1. The minimum atomic E-state index is -0.321. The van der Waals surface area contributed by atoms with Crippen LogP contribution in [-0.2, 0) is 6.54 Å². The summed E-state index contributed by atoms with van der Waals surface area (Å²) >= 11 is 0. The molecular weight excluding hydrogens is 246 g/mol. The minimum Gasteiger partial charge on any atom is -0.409 e. The molecule has 0 radical (unpaired) electrons. The van der Waals surface area contributed by atoms with E-state index in [1.807, 2.05) is 13.8 Å². The molecule has 2 rings (SSSR count). The molecule has 7 heteroatoms. The number of nitrogens with two attached hydrogens (primary N) is 1. The molecule has 1 amide bonds. The number of likely N-dealkylation sites (tertiary alicyclic amines) is 1. The summed E-state index contributed by atoms with van der Waals surface area (Å²) in [5.74, 6) is -0.0262. The van der Waals surface area contributed by atoms with Crippen LogP contribution in [0.15, 0.2) is 11.2 Å². The number of carbonyl (C=O) groups excluding carboxylic acids is 1. The zero-order valence-corrected chi connectivity index (χ0v) is 11.2. The summed E-state index contributed by atoms with van der Waals surface area (Å²) in [6, 6.07) is 1.45. The quantitative estimate of drug-likeness (QED) is 0.361. The van der Waals surface area contributed by atoms with Crippen LogP contribution in [0.2, 0.25) is 0 Å².